The molecule has 4 heteroatoms. The first-order valence-corrected chi connectivity index (χ1v) is 5.65. The van der Waals surface area contributed by atoms with Crippen LogP contribution in [-0.2, 0) is 13.1 Å². The summed E-state index contributed by atoms with van der Waals surface area (Å²) in [4.78, 5) is 4.46. The van der Waals surface area contributed by atoms with Crippen LogP contribution in [0.2, 0.25) is 5.02 Å². The number of benzene rings is 1. The molecule has 1 N–H and O–H groups in total. The van der Waals surface area contributed by atoms with Crippen molar-refractivity contribution >= 4 is 11.6 Å². The van der Waals surface area contributed by atoms with Gasteiger partial charge in [-0.3, -0.25) is 0 Å². The number of nitrogens with zero attached hydrogens (tertiary/aromatic N) is 2. The van der Waals surface area contributed by atoms with E-state index in [4.69, 9.17) is 11.6 Å². The van der Waals surface area contributed by atoms with Crippen LogP contribution in [0.3, 0.4) is 0 Å². The molecule has 1 aliphatic heterocycles. The molecule has 0 saturated carbocycles. The summed E-state index contributed by atoms with van der Waals surface area (Å²) in [5.74, 6) is 1.03. The lowest BCUT2D eigenvalue weighted by atomic mass is 10.1. The maximum Gasteiger partial charge on any atom is 0.140 e. The third kappa shape index (κ3) is 1.36. The van der Waals surface area contributed by atoms with Gasteiger partial charge >= 0.3 is 0 Å². The van der Waals surface area contributed by atoms with Gasteiger partial charge in [0.2, 0.25) is 0 Å². The first-order chi connectivity index (χ1) is 7.79. The second kappa shape index (κ2) is 3.61. The van der Waals surface area contributed by atoms with Gasteiger partial charge in [0.05, 0.1) is 18.4 Å². The normalized spacial score (nSPS) is 12.6. The Kier molecular flexibility index (Phi) is 2.23. The molecular formula is C12H12ClN3. The lowest BCUT2D eigenvalue weighted by molar-refractivity contribution is 0.713. The van der Waals surface area contributed by atoms with E-state index in [-0.39, 0.29) is 0 Å². The molecule has 0 unspecified atom stereocenters. The summed E-state index contributed by atoms with van der Waals surface area (Å²) in [6, 6.07) is 6.01. The number of aromatic nitrogens is 2. The molecular weight excluding hydrogens is 222 g/mol. The summed E-state index contributed by atoms with van der Waals surface area (Å²) in [6.45, 7) is 1.74. The molecule has 0 amide bonds. The van der Waals surface area contributed by atoms with Gasteiger partial charge in [0, 0.05) is 17.1 Å². The molecule has 0 fully saturated rings. The van der Waals surface area contributed by atoms with Gasteiger partial charge in [0.1, 0.15) is 5.82 Å². The second-order valence-corrected chi connectivity index (χ2v) is 4.43. The van der Waals surface area contributed by atoms with Gasteiger partial charge in [-0.05, 0) is 24.7 Å². The molecule has 0 bridgehead atoms. The summed E-state index contributed by atoms with van der Waals surface area (Å²) in [7, 11) is 1.94. The highest BCUT2D eigenvalue weighted by Crippen LogP contribution is 2.33. The van der Waals surface area contributed by atoms with Crippen LogP contribution in [0.5, 0.6) is 0 Å². The maximum absolute atomic E-state index is 6.01. The van der Waals surface area contributed by atoms with Crippen molar-refractivity contribution in [2.24, 2.45) is 0 Å². The molecule has 1 aliphatic rings. The van der Waals surface area contributed by atoms with Crippen LogP contribution in [0.15, 0.2) is 24.4 Å². The number of hydrogen-bond acceptors (Lipinski definition) is 2. The number of nitrogens with one attached hydrogen (secondary N) is 1. The minimum atomic E-state index is 0.769. The van der Waals surface area contributed by atoms with Gasteiger partial charge in [0.25, 0.3) is 0 Å². The Hall–Kier alpha value is -1.32. The summed E-state index contributed by atoms with van der Waals surface area (Å²) in [6.07, 6.45) is 1.93. The predicted octanol–water partition coefficient (Wildman–Crippen LogP) is 2.28. The van der Waals surface area contributed by atoms with Gasteiger partial charge in [-0.15, -0.1) is 0 Å². The molecule has 2 heterocycles. The minimum Gasteiger partial charge on any atom is -0.322 e. The van der Waals surface area contributed by atoms with E-state index >= 15 is 0 Å². The van der Waals surface area contributed by atoms with Crippen molar-refractivity contribution in [3.63, 3.8) is 0 Å². The number of halogens is 1. The van der Waals surface area contributed by atoms with Crippen LogP contribution >= 0.6 is 11.6 Å². The standard InChI is InChI=1S/C12H12ClN3/c1-14-5-10-6-15-12-11-4-9(13)3-2-8(11)7-16(10)12/h2-4,6,14H,5,7H2,1H3. The van der Waals surface area contributed by atoms with E-state index in [0.29, 0.717) is 0 Å². The minimum absolute atomic E-state index is 0.769. The van der Waals surface area contributed by atoms with Gasteiger partial charge in [-0.2, -0.15) is 0 Å². The van der Waals surface area contributed by atoms with E-state index < -0.39 is 0 Å². The first kappa shape index (κ1) is 9.87. The third-order valence-corrected chi connectivity index (χ3v) is 3.17. The molecule has 16 heavy (non-hydrogen) atoms. The number of imidazole rings is 1. The van der Waals surface area contributed by atoms with E-state index in [2.05, 4.69) is 20.9 Å². The number of hydrogen-bond donors (Lipinski definition) is 1. The highest BCUT2D eigenvalue weighted by Gasteiger charge is 2.21. The lowest BCUT2D eigenvalue weighted by Gasteiger charge is -2.03. The topological polar surface area (TPSA) is 29.9 Å². The Balaban J connectivity index is 2.11. The molecule has 0 atom stereocenters. The molecule has 0 aliphatic carbocycles. The van der Waals surface area contributed by atoms with Crippen LogP contribution in [0.25, 0.3) is 11.4 Å². The smallest absolute Gasteiger partial charge is 0.140 e. The van der Waals surface area contributed by atoms with Crippen LogP contribution in [0.1, 0.15) is 11.3 Å². The summed E-state index contributed by atoms with van der Waals surface area (Å²) < 4.78 is 2.23. The summed E-state index contributed by atoms with van der Waals surface area (Å²) >= 11 is 6.01. The zero-order chi connectivity index (χ0) is 11.1. The average Bonchev–Trinajstić information content (AvgIpc) is 2.80. The van der Waals surface area contributed by atoms with Crippen molar-refractivity contribution in [2.45, 2.75) is 13.1 Å². The van der Waals surface area contributed by atoms with Gasteiger partial charge in [0.15, 0.2) is 0 Å². The zero-order valence-corrected chi connectivity index (χ0v) is 9.75. The van der Waals surface area contributed by atoms with E-state index in [1.54, 1.807) is 0 Å². The number of fused-ring (bicyclic) bond motifs is 3. The molecule has 0 radical (unpaired) electrons. The van der Waals surface area contributed by atoms with E-state index in [1.807, 2.05) is 25.4 Å². The molecule has 0 saturated heterocycles. The quantitative estimate of drug-likeness (QED) is 0.736. The Labute approximate surface area is 99.1 Å². The van der Waals surface area contributed by atoms with Crippen molar-refractivity contribution in [3.05, 3.63) is 40.7 Å². The lowest BCUT2D eigenvalue weighted by Crippen LogP contribution is -2.10. The Bertz CT molecular complexity index is 545. The van der Waals surface area contributed by atoms with E-state index in [0.717, 1.165) is 29.5 Å². The number of rotatable bonds is 2. The molecule has 1 aromatic carbocycles. The molecule has 3 rings (SSSR count). The Morgan fingerprint density at radius 2 is 2.38 bits per heavy atom. The summed E-state index contributed by atoms with van der Waals surface area (Å²) in [5, 5.41) is 3.92. The fraction of sp³-hybridized carbons (Fsp3) is 0.250. The fourth-order valence-electron chi connectivity index (χ4n) is 2.19. The second-order valence-electron chi connectivity index (χ2n) is 3.99. The molecule has 3 nitrogen and oxygen atoms in total. The Morgan fingerprint density at radius 1 is 1.50 bits per heavy atom. The maximum atomic E-state index is 6.01. The molecule has 2 aromatic rings. The largest absolute Gasteiger partial charge is 0.322 e. The highest BCUT2D eigenvalue weighted by molar-refractivity contribution is 6.30. The highest BCUT2D eigenvalue weighted by atomic mass is 35.5. The van der Waals surface area contributed by atoms with Gasteiger partial charge < -0.3 is 9.88 Å². The van der Waals surface area contributed by atoms with Crippen molar-refractivity contribution < 1.29 is 0 Å². The molecule has 82 valence electrons. The SMILES string of the molecule is CNCc1cnc2n1Cc1ccc(Cl)cc1-2. The van der Waals surface area contributed by atoms with Gasteiger partial charge in [-0.1, -0.05) is 17.7 Å². The van der Waals surface area contributed by atoms with Crippen LogP contribution < -0.4 is 5.32 Å². The van der Waals surface area contributed by atoms with Crippen molar-refractivity contribution in [1.82, 2.24) is 14.9 Å². The van der Waals surface area contributed by atoms with Crippen molar-refractivity contribution in [1.29, 1.82) is 0 Å². The van der Waals surface area contributed by atoms with E-state index in [1.165, 1.54) is 11.3 Å². The van der Waals surface area contributed by atoms with Crippen molar-refractivity contribution in [2.75, 3.05) is 7.05 Å². The van der Waals surface area contributed by atoms with Gasteiger partial charge in [-0.25, -0.2) is 4.98 Å². The molecule has 1 aromatic heterocycles. The summed E-state index contributed by atoms with van der Waals surface area (Å²) in [5.41, 5.74) is 3.67. The van der Waals surface area contributed by atoms with Crippen LogP contribution in [0, 0.1) is 0 Å². The van der Waals surface area contributed by atoms with Crippen molar-refractivity contribution in [3.8, 4) is 11.4 Å². The monoisotopic (exact) mass is 233 g/mol. The van der Waals surface area contributed by atoms with Crippen LogP contribution in [-0.4, -0.2) is 16.6 Å². The average molecular weight is 234 g/mol. The first-order valence-electron chi connectivity index (χ1n) is 5.27. The van der Waals surface area contributed by atoms with E-state index in [9.17, 15) is 0 Å². The zero-order valence-electron chi connectivity index (χ0n) is 9.00. The van der Waals surface area contributed by atoms with Crippen LogP contribution in [0.4, 0.5) is 0 Å². The third-order valence-electron chi connectivity index (χ3n) is 2.94. The molecule has 0 spiro atoms. The fourth-order valence-corrected chi connectivity index (χ4v) is 2.36. The Morgan fingerprint density at radius 3 is 3.19 bits per heavy atom. The predicted molar refractivity (Wildman–Crippen MR) is 64.5 cm³/mol.